The third-order valence-corrected chi connectivity index (χ3v) is 3.78. The monoisotopic (exact) mass is 337 g/mol. The minimum atomic E-state index is -0.696. The van der Waals surface area contributed by atoms with E-state index in [1.807, 2.05) is 0 Å². The number of nitrogens with one attached hydrogen (secondary N) is 1. The van der Waals surface area contributed by atoms with Crippen molar-refractivity contribution in [3.05, 3.63) is 23.9 Å². The van der Waals surface area contributed by atoms with Crippen LogP contribution in [0.4, 0.5) is 0 Å². The van der Waals surface area contributed by atoms with E-state index in [9.17, 15) is 14.7 Å². The molecule has 2 atom stereocenters. The van der Waals surface area contributed by atoms with Crippen molar-refractivity contribution in [2.45, 2.75) is 32.0 Å². The van der Waals surface area contributed by atoms with Crippen molar-refractivity contribution in [1.82, 2.24) is 15.2 Å². The Balaban J connectivity index is 1.96. The maximum absolute atomic E-state index is 12.4. The molecular weight excluding hydrogens is 314 g/mol. The predicted molar refractivity (Wildman–Crippen MR) is 85.3 cm³/mol. The summed E-state index contributed by atoms with van der Waals surface area (Å²) < 4.78 is 10.5. The lowest BCUT2D eigenvalue weighted by atomic mass is 10.1. The Hall–Kier alpha value is -2.19. The maximum atomic E-state index is 12.4. The molecule has 0 bridgehead atoms. The standard InChI is InChI=1S/C16H23N3O5/c1-11(20)8-13-10-24-7-6-19(13)16(22)14(21)18-9-12-4-3-5-17-15(12)23-2/h3-5,11,13,20H,6-10H2,1-2H3,(H,18,21). The second-order valence-corrected chi connectivity index (χ2v) is 5.67. The van der Waals surface area contributed by atoms with Gasteiger partial charge in [-0.25, -0.2) is 4.98 Å². The highest BCUT2D eigenvalue weighted by Crippen LogP contribution is 2.15. The van der Waals surface area contributed by atoms with Gasteiger partial charge >= 0.3 is 11.8 Å². The lowest BCUT2D eigenvalue weighted by molar-refractivity contribution is -0.152. The Morgan fingerprint density at radius 1 is 1.58 bits per heavy atom. The Labute approximate surface area is 140 Å². The zero-order valence-electron chi connectivity index (χ0n) is 13.9. The number of carbonyl (C=O) groups is 2. The lowest BCUT2D eigenvalue weighted by Crippen LogP contribution is -2.54. The molecular formula is C16H23N3O5. The number of morpholine rings is 1. The quantitative estimate of drug-likeness (QED) is 0.716. The summed E-state index contributed by atoms with van der Waals surface area (Å²) in [4.78, 5) is 30.1. The molecule has 1 fully saturated rings. The van der Waals surface area contributed by atoms with Crippen LogP contribution < -0.4 is 10.1 Å². The van der Waals surface area contributed by atoms with Gasteiger partial charge in [0.1, 0.15) is 0 Å². The van der Waals surface area contributed by atoms with Crippen LogP contribution in [0, 0.1) is 0 Å². The van der Waals surface area contributed by atoms with Gasteiger partial charge in [0, 0.05) is 24.8 Å². The van der Waals surface area contributed by atoms with Crippen LogP contribution >= 0.6 is 0 Å². The number of nitrogens with zero attached hydrogens (tertiary/aromatic N) is 2. The molecule has 0 aliphatic carbocycles. The zero-order valence-corrected chi connectivity index (χ0v) is 13.9. The van der Waals surface area contributed by atoms with Crippen LogP contribution in [0.5, 0.6) is 5.88 Å². The smallest absolute Gasteiger partial charge is 0.312 e. The van der Waals surface area contributed by atoms with Gasteiger partial charge in [-0.15, -0.1) is 0 Å². The minimum absolute atomic E-state index is 0.146. The van der Waals surface area contributed by atoms with Crippen LogP contribution in [0.3, 0.4) is 0 Å². The van der Waals surface area contributed by atoms with Crippen molar-refractivity contribution < 1.29 is 24.2 Å². The van der Waals surface area contributed by atoms with Crippen LogP contribution in [0.15, 0.2) is 18.3 Å². The first-order chi connectivity index (χ1) is 11.5. The second-order valence-electron chi connectivity index (χ2n) is 5.67. The average Bonchev–Trinajstić information content (AvgIpc) is 2.59. The normalized spacial score (nSPS) is 18.8. The van der Waals surface area contributed by atoms with Gasteiger partial charge in [-0.1, -0.05) is 6.07 Å². The molecule has 1 aliphatic heterocycles. The summed E-state index contributed by atoms with van der Waals surface area (Å²) in [5, 5.41) is 12.1. The van der Waals surface area contributed by atoms with Gasteiger partial charge in [-0.2, -0.15) is 0 Å². The van der Waals surface area contributed by atoms with Crippen molar-refractivity contribution in [2.75, 3.05) is 26.9 Å². The fourth-order valence-electron chi connectivity index (χ4n) is 2.64. The molecule has 1 saturated heterocycles. The van der Waals surface area contributed by atoms with E-state index in [1.54, 1.807) is 25.3 Å². The third kappa shape index (κ3) is 4.65. The number of hydrogen-bond donors (Lipinski definition) is 2. The number of rotatable bonds is 5. The third-order valence-electron chi connectivity index (χ3n) is 3.78. The molecule has 8 heteroatoms. The number of aromatic nitrogens is 1. The highest BCUT2D eigenvalue weighted by Gasteiger charge is 2.31. The number of hydrogen-bond acceptors (Lipinski definition) is 6. The molecule has 1 aromatic heterocycles. The van der Waals surface area contributed by atoms with Gasteiger partial charge in [0.2, 0.25) is 5.88 Å². The first-order valence-corrected chi connectivity index (χ1v) is 7.85. The Bertz CT molecular complexity index is 579. The fraction of sp³-hybridized carbons (Fsp3) is 0.562. The largest absolute Gasteiger partial charge is 0.481 e. The molecule has 1 aliphatic rings. The molecule has 8 nitrogen and oxygen atoms in total. The number of amides is 2. The van der Waals surface area contributed by atoms with Gasteiger partial charge in [-0.05, 0) is 19.4 Å². The van der Waals surface area contributed by atoms with Gasteiger partial charge in [0.15, 0.2) is 0 Å². The van der Waals surface area contributed by atoms with E-state index in [2.05, 4.69) is 10.3 Å². The molecule has 1 aromatic rings. The van der Waals surface area contributed by atoms with E-state index in [0.29, 0.717) is 37.6 Å². The highest BCUT2D eigenvalue weighted by molar-refractivity contribution is 6.35. The number of aliphatic hydroxyl groups is 1. The molecule has 0 spiro atoms. The van der Waals surface area contributed by atoms with Crippen molar-refractivity contribution in [3.63, 3.8) is 0 Å². The molecule has 2 heterocycles. The first kappa shape index (κ1) is 18.2. The molecule has 132 valence electrons. The molecule has 0 saturated carbocycles. The summed E-state index contributed by atoms with van der Waals surface area (Å²) in [7, 11) is 1.49. The Morgan fingerprint density at radius 2 is 2.38 bits per heavy atom. The van der Waals surface area contributed by atoms with Crippen LogP contribution in [0.25, 0.3) is 0 Å². The van der Waals surface area contributed by atoms with Crippen molar-refractivity contribution in [3.8, 4) is 5.88 Å². The Morgan fingerprint density at radius 3 is 3.08 bits per heavy atom. The van der Waals surface area contributed by atoms with Gasteiger partial charge < -0.3 is 24.8 Å². The number of carbonyl (C=O) groups excluding carboxylic acids is 2. The van der Waals surface area contributed by atoms with E-state index in [-0.39, 0.29) is 12.6 Å². The predicted octanol–water partition coefficient (Wildman–Crippen LogP) is -0.295. The SMILES string of the molecule is COc1ncccc1CNC(=O)C(=O)N1CCOCC1CC(C)O. The topological polar surface area (TPSA) is 101 Å². The number of pyridine rings is 1. The molecule has 2 rings (SSSR count). The van der Waals surface area contributed by atoms with Crippen molar-refractivity contribution in [2.24, 2.45) is 0 Å². The summed E-state index contributed by atoms with van der Waals surface area (Å²) in [5.41, 5.74) is 0.684. The maximum Gasteiger partial charge on any atom is 0.312 e. The average molecular weight is 337 g/mol. The van der Waals surface area contributed by atoms with Crippen LogP contribution in [-0.2, 0) is 20.9 Å². The lowest BCUT2D eigenvalue weighted by Gasteiger charge is -2.35. The van der Waals surface area contributed by atoms with Crippen LogP contribution in [-0.4, -0.2) is 65.8 Å². The minimum Gasteiger partial charge on any atom is -0.481 e. The number of ether oxygens (including phenoxy) is 2. The number of methoxy groups -OCH3 is 1. The molecule has 0 aromatic carbocycles. The summed E-state index contributed by atoms with van der Waals surface area (Å²) in [6, 6.07) is 3.19. The summed E-state index contributed by atoms with van der Waals surface area (Å²) >= 11 is 0. The van der Waals surface area contributed by atoms with E-state index < -0.39 is 17.9 Å². The highest BCUT2D eigenvalue weighted by atomic mass is 16.5. The van der Waals surface area contributed by atoms with E-state index in [1.165, 1.54) is 12.0 Å². The first-order valence-electron chi connectivity index (χ1n) is 7.85. The van der Waals surface area contributed by atoms with Crippen LogP contribution in [0.1, 0.15) is 18.9 Å². The van der Waals surface area contributed by atoms with Crippen LogP contribution in [0.2, 0.25) is 0 Å². The fourth-order valence-corrected chi connectivity index (χ4v) is 2.64. The zero-order chi connectivity index (χ0) is 17.5. The van der Waals surface area contributed by atoms with E-state index >= 15 is 0 Å². The van der Waals surface area contributed by atoms with Crippen molar-refractivity contribution >= 4 is 11.8 Å². The van der Waals surface area contributed by atoms with Gasteiger partial charge in [0.25, 0.3) is 0 Å². The molecule has 2 N–H and O–H groups in total. The second kappa shape index (κ2) is 8.60. The van der Waals surface area contributed by atoms with E-state index in [0.717, 1.165) is 0 Å². The van der Waals surface area contributed by atoms with Gasteiger partial charge in [0.05, 0.1) is 32.5 Å². The van der Waals surface area contributed by atoms with E-state index in [4.69, 9.17) is 9.47 Å². The van der Waals surface area contributed by atoms with Gasteiger partial charge in [-0.3, -0.25) is 9.59 Å². The number of aliphatic hydroxyl groups excluding tert-OH is 1. The molecule has 0 radical (unpaired) electrons. The summed E-state index contributed by atoms with van der Waals surface area (Å²) in [5.74, 6) is -0.909. The summed E-state index contributed by atoms with van der Waals surface area (Å²) in [6.45, 7) is 2.82. The summed E-state index contributed by atoms with van der Waals surface area (Å²) in [6.07, 6.45) is 1.38. The van der Waals surface area contributed by atoms with Crippen molar-refractivity contribution in [1.29, 1.82) is 0 Å². The molecule has 2 unspecified atom stereocenters. The molecule has 24 heavy (non-hydrogen) atoms. The molecule has 2 amide bonds. The Kier molecular flexibility index (Phi) is 6.51.